The molecule has 0 saturated heterocycles. The summed E-state index contributed by atoms with van der Waals surface area (Å²) in [5.41, 5.74) is -0.212. The van der Waals surface area contributed by atoms with Gasteiger partial charge in [0.25, 0.3) is 5.56 Å². The number of aliphatic carboxylic acids is 1. The molecule has 132 valence electrons. The second-order valence-corrected chi connectivity index (χ2v) is 5.51. The Morgan fingerprint density at radius 2 is 2.00 bits per heavy atom. The van der Waals surface area contributed by atoms with Crippen LogP contribution in [0.25, 0.3) is 10.9 Å². The summed E-state index contributed by atoms with van der Waals surface area (Å²) in [6.07, 6.45) is 0.317. The number of para-hydroxylation sites is 1. The number of nitrogens with zero attached hydrogens (tertiary/aromatic N) is 2. The number of aromatic nitrogens is 2. The molecule has 0 bridgehead atoms. The lowest BCUT2D eigenvalue weighted by Crippen LogP contribution is -2.32. The summed E-state index contributed by atoms with van der Waals surface area (Å²) in [7, 11) is 0. The second kappa shape index (κ2) is 7.06. The van der Waals surface area contributed by atoms with Gasteiger partial charge in [0, 0.05) is 0 Å². The van der Waals surface area contributed by atoms with E-state index in [1.165, 1.54) is 13.1 Å². The van der Waals surface area contributed by atoms with Gasteiger partial charge >= 0.3 is 11.7 Å². The van der Waals surface area contributed by atoms with Crippen molar-refractivity contribution in [3.8, 4) is 5.75 Å². The molecule has 1 aromatic heterocycles. The molecule has 0 spiro atoms. The zero-order valence-electron chi connectivity index (χ0n) is 13.7. The average Bonchev–Trinajstić information content (AvgIpc) is 2.61. The molecule has 1 atom stereocenters. The van der Waals surface area contributed by atoms with Gasteiger partial charge in [0.1, 0.15) is 5.75 Å². The van der Waals surface area contributed by atoms with Crippen LogP contribution in [0.1, 0.15) is 12.5 Å². The lowest BCUT2D eigenvalue weighted by atomic mass is 10.2. The summed E-state index contributed by atoms with van der Waals surface area (Å²) in [4.78, 5) is 37.9. The number of benzene rings is 2. The van der Waals surface area contributed by atoms with Crippen LogP contribution < -0.4 is 16.0 Å². The van der Waals surface area contributed by atoms with Gasteiger partial charge in [-0.15, -0.1) is 4.68 Å². The Labute approximate surface area is 147 Å². The van der Waals surface area contributed by atoms with Gasteiger partial charge in [0.05, 0.1) is 17.1 Å². The van der Waals surface area contributed by atoms with E-state index < -0.39 is 23.3 Å². The molecular weight excluding hydrogens is 338 g/mol. The number of nitrogens with one attached hydrogen (secondary N) is 1. The number of carboxylic acids is 1. The Hall–Kier alpha value is -3.68. The van der Waals surface area contributed by atoms with Crippen LogP contribution in [0.15, 0.2) is 63.2 Å². The molecule has 2 aromatic carbocycles. The fraction of sp³-hybridized carbons (Fsp3) is 0.111. The minimum absolute atomic E-state index is 0.337. The number of ether oxygens (including phenoxy) is 1. The number of carbonyl (C=O) groups is 1. The van der Waals surface area contributed by atoms with Crippen molar-refractivity contribution in [2.24, 2.45) is 5.10 Å². The highest BCUT2D eigenvalue weighted by Crippen LogP contribution is 2.14. The van der Waals surface area contributed by atoms with Crippen LogP contribution in [0.2, 0.25) is 0 Å². The molecule has 8 nitrogen and oxygen atoms in total. The molecule has 0 aliphatic heterocycles. The Bertz CT molecular complexity index is 1110. The standard InChI is InChI=1S/C18H15N3O5/c1-11(17(23)24)26-13-6-4-5-12(9-13)10-19-21-16(22)14-7-2-3-8-15(14)20-18(21)25/h2-11H,1H3,(H,20,25)(H,23,24)/t11-/m0/s1. The third-order valence-corrected chi connectivity index (χ3v) is 3.62. The van der Waals surface area contributed by atoms with E-state index in [1.54, 1.807) is 48.5 Å². The largest absolute Gasteiger partial charge is 0.479 e. The Kier molecular flexibility index (Phi) is 4.66. The molecule has 0 unspecified atom stereocenters. The van der Waals surface area contributed by atoms with E-state index in [4.69, 9.17) is 9.84 Å². The summed E-state index contributed by atoms with van der Waals surface area (Å²) < 4.78 is 6.01. The SMILES string of the molecule is C[C@H](Oc1cccc(C=Nn2c(=O)[nH]c3ccccc3c2=O)c1)C(=O)O. The highest BCUT2D eigenvalue weighted by atomic mass is 16.5. The van der Waals surface area contributed by atoms with Crippen molar-refractivity contribution in [2.45, 2.75) is 13.0 Å². The summed E-state index contributed by atoms with van der Waals surface area (Å²) in [5.74, 6) is -0.748. The zero-order valence-corrected chi connectivity index (χ0v) is 13.7. The zero-order chi connectivity index (χ0) is 18.7. The predicted octanol–water partition coefficient (Wildman–Crippen LogP) is 1.42. The van der Waals surface area contributed by atoms with Crippen LogP contribution in [0.4, 0.5) is 0 Å². The van der Waals surface area contributed by atoms with Crippen LogP contribution in [-0.2, 0) is 4.79 Å². The van der Waals surface area contributed by atoms with Crippen LogP contribution in [0.5, 0.6) is 5.75 Å². The summed E-state index contributed by atoms with van der Waals surface area (Å²) >= 11 is 0. The minimum atomic E-state index is -1.08. The second-order valence-electron chi connectivity index (χ2n) is 5.51. The van der Waals surface area contributed by atoms with Crippen LogP contribution in [0.3, 0.4) is 0 Å². The molecule has 3 aromatic rings. The Morgan fingerprint density at radius 3 is 2.77 bits per heavy atom. The van der Waals surface area contributed by atoms with Crippen molar-refractivity contribution in [3.05, 3.63) is 74.9 Å². The fourth-order valence-corrected chi connectivity index (χ4v) is 2.31. The maximum absolute atomic E-state index is 12.4. The number of hydrogen-bond acceptors (Lipinski definition) is 5. The summed E-state index contributed by atoms with van der Waals surface area (Å²) in [6, 6.07) is 13.1. The van der Waals surface area contributed by atoms with E-state index in [9.17, 15) is 14.4 Å². The van der Waals surface area contributed by atoms with Crippen LogP contribution >= 0.6 is 0 Å². The van der Waals surface area contributed by atoms with Crippen molar-refractivity contribution in [3.63, 3.8) is 0 Å². The lowest BCUT2D eigenvalue weighted by Gasteiger charge is -2.10. The van der Waals surface area contributed by atoms with Crippen molar-refractivity contribution < 1.29 is 14.6 Å². The number of carboxylic acid groups (broad SMARTS) is 1. The molecule has 26 heavy (non-hydrogen) atoms. The monoisotopic (exact) mass is 353 g/mol. The molecule has 2 N–H and O–H groups in total. The molecule has 0 saturated carbocycles. The first kappa shape index (κ1) is 17.2. The summed E-state index contributed by atoms with van der Waals surface area (Å²) in [5, 5.41) is 13.2. The normalized spacial score (nSPS) is 12.3. The highest BCUT2D eigenvalue weighted by Gasteiger charge is 2.12. The third kappa shape index (κ3) is 3.54. The van der Waals surface area contributed by atoms with Gasteiger partial charge in [0.2, 0.25) is 0 Å². The maximum atomic E-state index is 12.4. The average molecular weight is 353 g/mol. The molecule has 0 radical (unpaired) electrons. The van der Waals surface area contributed by atoms with Crippen LogP contribution in [0, 0.1) is 0 Å². The Morgan fingerprint density at radius 1 is 1.23 bits per heavy atom. The maximum Gasteiger partial charge on any atom is 0.349 e. The first-order valence-electron chi connectivity index (χ1n) is 7.73. The minimum Gasteiger partial charge on any atom is -0.479 e. The molecule has 3 rings (SSSR count). The van der Waals surface area contributed by atoms with Gasteiger partial charge in [-0.25, -0.2) is 9.59 Å². The third-order valence-electron chi connectivity index (χ3n) is 3.62. The summed E-state index contributed by atoms with van der Waals surface area (Å²) in [6.45, 7) is 1.41. The van der Waals surface area contributed by atoms with Crippen molar-refractivity contribution >= 4 is 23.1 Å². The van der Waals surface area contributed by atoms with E-state index in [2.05, 4.69) is 10.1 Å². The smallest absolute Gasteiger partial charge is 0.349 e. The number of hydrogen-bond donors (Lipinski definition) is 2. The fourth-order valence-electron chi connectivity index (χ4n) is 2.31. The van der Waals surface area contributed by atoms with Gasteiger partial charge < -0.3 is 14.8 Å². The highest BCUT2D eigenvalue weighted by molar-refractivity contribution is 5.81. The molecule has 0 aliphatic rings. The van der Waals surface area contributed by atoms with E-state index in [0.29, 0.717) is 22.2 Å². The predicted molar refractivity (Wildman–Crippen MR) is 96.0 cm³/mol. The van der Waals surface area contributed by atoms with E-state index in [0.717, 1.165) is 4.68 Å². The topological polar surface area (TPSA) is 114 Å². The first-order valence-corrected chi connectivity index (χ1v) is 7.73. The number of aromatic amines is 1. The lowest BCUT2D eigenvalue weighted by molar-refractivity contribution is -0.144. The number of H-pyrrole nitrogens is 1. The Balaban J connectivity index is 1.94. The van der Waals surface area contributed by atoms with Crippen molar-refractivity contribution in [1.29, 1.82) is 0 Å². The molecule has 8 heteroatoms. The van der Waals surface area contributed by atoms with E-state index in [1.807, 2.05) is 0 Å². The molecule has 0 aliphatic carbocycles. The molecule has 1 heterocycles. The quantitative estimate of drug-likeness (QED) is 0.674. The van der Waals surface area contributed by atoms with Crippen molar-refractivity contribution in [1.82, 2.24) is 9.66 Å². The van der Waals surface area contributed by atoms with Gasteiger partial charge in [-0.3, -0.25) is 4.79 Å². The number of fused-ring (bicyclic) bond motifs is 1. The van der Waals surface area contributed by atoms with E-state index >= 15 is 0 Å². The molecule has 0 fully saturated rings. The first-order chi connectivity index (χ1) is 12.5. The molecule has 0 amide bonds. The van der Waals surface area contributed by atoms with E-state index in [-0.39, 0.29) is 0 Å². The number of rotatable bonds is 5. The van der Waals surface area contributed by atoms with Gasteiger partial charge in [-0.05, 0) is 36.8 Å². The molecular formula is C18H15N3O5. The van der Waals surface area contributed by atoms with Crippen LogP contribution in [-0.4, -0.2) is 33.1 Å². The van der Waals surface area contributed by atoms with Gasteiger partial charge in [0.15, 0.2) is 6.10 Å². The van der Waals surface area contributed by atoms with Gasteiger partial charge in [-0.1, -0.05) is 24.3 Å². The van der Waals surface area contributed by atoms with Crippen molar-refractivity contribution in [2.75, 3.05) is 0 Å². The van der Waals surface area contributed by atoms with Gasteiger partial charge in [-0.2, -0.15) is 5.10 Å².